The number of carbonyl (C=O) groups is 1. The molecule has 2 atom stereocenters. The van der Waals surface area contributed by atoms with E-state index < -0.39 is 0 Å². The molecule has 0 saturated heterocycles. The summed E-state index contributed by atoms with van der Waals surface area (Å²) in [5, 5.41) is 8.65. The summed E-state index contributed by atoms with van der Waals surface area (Å²) < 4.78 is 7.45. The largest absolute Gasteiger partial charge is 0.467 e. The first-order chi connectivity index (χ1) is 11.5. The second-order valence-electron chi connectivity index (χ2n) is 6.89. The van der Waals surface area contributed by atoms with E-state index in [1.54, 1.807) is 22.7 Å². The first-order valence-corrected chi connectivity index (χ1v) is 9.12. The third kappa shape index (κ3) is 2.47. The molecule has 1 aliphatic carbocycles. The average molecular weight is 344 g/mol. The molecule has 0 fully saturated rings. The molecule has 126 valence electrons. The zero-order chi connectivity index (χ0) is 16.9. The molecule has 0 radical (unpaired) electrons. The van der Waals surface area contributed by atoms with Crippen LogP contribution in [0.25, 0.3) is 0 Å². The number of rotatable bonds is 3. The van der Waals surface area contributed by atoms with Crippen molar-refractivity contribution in [1.29, 1.82) is 0 Å². The van der Waals surface area contributed by atoms with Gasteiger partial charge in [-0.25, -0.2) is 4.68 Å². The van der Waals surface area contributed by atoms with Gasteiger partial charge < -0.3 is 9.73 Å². The molecule has 0 unspecified atom stereocenters. The highest BCUT2D eigenvalue weighted by Crippen LogP contribution is 2.45. The van der Waals surface area contributed by atoms with E-state index in [0.717, 1.165) is 17.2 Å². The third-order valence-corrected chi connectivity index (χ3v) is 5.13. The monoisotopic (exact) mass is 344 g/mol. The zero-order valence-corrected chi connectivity index (χ0v) is 14.8. The molecule has 2 aliphatic rings. The van der Waals surface area contributed by atoms with Crippen LogP contribution >= 0.6 is 11.8 Å². The molecule has 0 spiro atoms. The third-order valence-electron chi connectivity index (χ3n) is 4.41. The van der Waals surface area contributed by atoms with Crippen LogP contribution in [0, 0.1) is 11.3 Å². The number of aromatic nitrogens is 3. The Hall–Kier alpha value is -2.02. The van der Waals surface area contributed by atoms with Crippen LogP contribution in [0.2, 0.25) is 0 Å². The molecule has 3 heterocycles. The number of fused-ring (bicyclic) bond motifs is 2. The van der Waals surface area contributed by atoms with E-state index in [2.05, 4.69) is 42.2 Å². The first-order valence-electron chi connectivity index (χ1n) is 8.14. The standard InChI is InChI=1S/C17H20N4O2S/c1-4-24-16-19-15-18-10-8-17(2,3)9-11(22)13(10)14(21(15)20-16)12-6-5-7-23-12/h5-8,13-14H,4,9H2,1-3H3,(H,18,19,20)/t13-,14-/m1/s1. The van der Waals surface area contributed by atoms with E-state index in [4.69, 9.17) is 4.42 Å². The van der Waals surface area contributed by atoms with Crippen LogP contribution < -0.4 is 5.32 Å². The van der Waals surface area contributed by atoms with Crippen molar-refractivity contribution in [3.63, 3.8) is 0 Å². The summed E-state index contributed by atoms with van der Waals surface area (Å²) in [5.41, 5.74) is 0.748. The Kier molecular flexibility index (Phi) is 3.56. The van der Waals surface area contributed by atoms with Gasteiger partial charge in [0.15, 0.2) is 0 Å². The maximum absolute atomic E-state index is 12.9. The van der Waals surface area contributed by atoms with E-state index in [9.17, 15) is 4.79 Å². The molecule has 1 aliphatic heterocycles. The average Bonchev–Trinajstić information content (AvgIpc) is 3.12. The summed E-state index contributed by atoms with van der Waals surface area (Å²) in [6, 6.07) is 3.46. The molecule has 0 aromatic carbocycles. The van der Waals surface area contributed by atoms with Crippen LogP contribution in [0.4, 0.5) is 5.95 Å². The SMILES string of the molecule is CCSc1nc2n(n1)[C@H](c1ccco1)[C@H]1C(=O)CC(C)(C)C=C1N2. The lowest BCUT2D eigenvalue weighted by Gasteiger charge is -2.39. The number of thioether (sulfide) groups is 1. The number of nitrogens with one attached hydrogen (secondary N) is 1. The van der Waals surface area contributed by atoms with Crippen LogP contribution in [0.5, 0.6) is 0 Å². The first kappa shape index (κ1) is 15.5. The molecule has 2 aromatic rings. The van der Waals surface area contributed by atoms with Crippen molar-refractivity contribution in [2.45, 2.75) is 38.4 Å². The Labute approximate surface area is 144 Å². The van der Waals surface area contributed by atoms with Gasteiger partial charge in [-0.05, 0) is 23.3 Å². The lowest BCUT2D eigenvalue weighted by Crippen LogP contribution is -2.41. The van der Waals surface area contributed by atoms with Gasteiger partial charge in [0, 0.05) is 12.1 Å². The van der Waals surface area contributed by atoms with Crippen molar-refractivity contribution in [3.05, 3.63) is 35.9 Å². The fourth-order valence-corrected chi connectivity index (χ4v) is 4.10. The molecule has 0 saturated carbocycles. The van der Waals surface area contributed by atoms with Gasteiger partial charge >= 0.3 is 0 Å². The highest BCUT2D eigenvalue weighted by atomic mass is 32.2. The molecule has 0 bridgehead atoms. The van der Waals surface area contributed by atoms with Crippen molar-refractivity contribution in [3.8, 4) is 0 Å². The van der Waals surface area contributed by atoms with Crippen molar-refractivity contribution < 1.29 is 9.21 Å². The van der Waals surface area contributed by atoms with Gasteiger partial charge in [0.25, 0.3) is 0 Å². The minimum atomic E-state index is -0.308. The Morgan fingerprint density at radius 2 is 2.33 bits per heavy atom. The van der Waals surface area contributed by atoms with Crippen molar-refractivity contribution >= 4 is 23.5 Å². The normalized spacial score (nSPS) is 24.8. The van der Waals surface area contributed by atoms with Gasteiger partial charge in [-0.3, -0.25) is 4.79 Å². The minimum Gasteiger partial charge on any atom is -0.467 e. The predicted octanol–water partition coefficient (Wildman–Crippen LogP) is 3.50. The number of hydrogen-bond donors (Lipinski definition) is 1. The number of anilines is 1. The van der Waals surface area contributed by atoms with Crippen LogP contribution in [-0.2, 0) is 4.79 Å². The van der Waals surface area contributed by atoms with Gasteiger partial charge in [0.1, 0.15) is 17.6 Å². The molecule has 24 heavy (non-hydrogen) atoms. The number of furan rings is 1. The van der Waals surface area contributed by atoms with Gasteiger partial charge in [0.2, 0.25) is 11.1 Å². The van der Waals surface area contributed by atoms with E-state index >= 15 is 0 Å². The number of allylic oxidation sites excluding steroid dienone is 2. The highest BCUT2D eigenvalue weighted by Gasteiger charge is 2.46. The summed E-state index contributed by atoms with van der Waals surface area (Å²) in [5.74, 6) is 2.20. The number of Topliss-reactive ketones (excluding diaryl/α,β-unsaturated/α-hetero) is 1. The zero-order valence-electron chi connectivity index (χ0n) is 13.9. The lowest BCUT2D eigenvalue weighted by atomic mass is 9.73. The van der Waals surface area contributed by atoms with Crippen molar-refractivity contribution in [1.82, 2.24) is 14.8 Å². The van der Waals surface area contributed by atoms with Crippen LogP contribution in [0.1, 0.15) is 39.0 Å². The Bertz CT molecular complexity index is 807. The molecule has 1 N–H and O–H groups in total. The molecule has 6 nitrogen and oxygen atoms in total. The molecule has 4 rings (SSSR count). The molecular formula is C17H20N4O2S. The molecule has 7 heteroatoms. The van der Waals surface area contributed by atoms with E-state index in [-0.39, 0.29) is 23.2 Å². The van der Waals surface area contributed by atoms with Gasteiger partial charge in [-0.2, -0.15) is 4.98 Å². The number of ketones is 1. The number of hydrogen-bond acceptors (Lipinski definition) is 6. The summed E-state index contributed by atoms with van der Waals surface area (Å²) in [4.78, 5) is 17.5. The topological polar surface area (TPSA) is 73.0 Å². The van der Waals surface area contributed by atoms with E-state index in [1.165, 1.54) is 0 Å². The second-order valence-corrected chi connectivity index (χ2v) is 8.12. The fourth-order valence-electron chi connectivity index (χ4n) is 3.54. The number of carbonyl (C=O) groups excluding carboxylic acids is 1. The Morgan fingerprint density at radius 1 is 1.50 bits per heavy atom. The molecule has 0 amide bonds. The molecular weight excluding hydrogens is 324 g/mol. The second kappa shape index (κ2) is 5.51. The van der Waals surface area contributed by atoms with Crippen molar-refractivity contribution in [2.75, 3.05) is 11.1 Å². The molecule has 2 aromatic heterocycles. The smallest absolute Gasteiger partial charge is 0.227 e. The van der Waals surface area contributed by atoms with Gasteiger partial charge in [0.05, 0.1) is 12.2 Å². The van der Waals surface area contributed by atoms with E-state index in [1.807, 2.05) is 12.1 Å². The summed E-state index contributed by atoms with van der Waals surface area (Å²) >= 11 is 1.58. The minimum absolute atomic E-state index is 0.160. The quantitative estimate of drug-likeness (QED) is 0.859. The van der Waals surface area contributed by atoms with Crippen LogP contribution in [-0.4, -0.2) is 26.3 Å². The van der Waals surface area contributed by atoms with Crippen molar-refractivity contribution in [2.24, 2.45) is 11.3 Å². The summed E-state index contributed by atoms with van der Waals surface area (Å²) in [6.45, 7) is 6.22. The summed E-state index contributed by atoms with van der Waals surface area (Å²) in [7, 11) is 0. The Morgan fingerprint density at radius 3 is 3.04 bits per heavy atom. The van der Waals surface area contributed by atoms with Crippen LogP contribution in [0.3, 0.4) is 0 Å². The maximum atomic E-state index is 12.9. The predicted molar refractivity (Wildman–Crippen MR) is 91.9 cm³/mol. The fraction of sp³-hybridized carbons (Fsp3) is 0.471. The maximum Gasteiger partial charge on any atom is 0.227 e. The summed E-state index contributed by atoms with van der Waals surface area (Å²) in [6.07, 6.45) is 4.30. The van der Waals surface area contributed by atoms with E-state index in [0.29, 0.717) is 17.5 Å². The highest BCUT2D eigenvalue weighted by molar-refractivity contribution is 7.99. The van der Waals surface area contributed by atoms with Gasteiger partial charge in [-0.15, -0.1) is 5.10 Å². The van der Waals surface area contributed by atoms with Crippen LogP contribution in [0.15, 0.2) is 39.7 Å². The lowest BCUT2D eigenvalue weighted by molar-refractivity contribution is -0.125. The number of nitrogens with zero attached hydrogens (tertiary/aromatic N) is 3. The van der Waals surface area contributed by atoms with Gasteiger partial charge in [-0.1, -0.05) is 38.6 Å². The Balaban J connectivity index is 1.87.